The zero-order chi connectivity index (χ0) is 21.1. The van der Waals surface area contributed by atoms with Gasteiger partial charge in [0.15, 0.2) is 0 Å². The molecule has 4 rings (SSSR count). The van der Waals surface area contributed by atoms with Gasteiger partial charge >= 0.3 is 0 Å². The van der Waals surface area contributed by atoms with E-state index in [9.17, 15) is 9.59 Å². The predicted molar refractivity (Wildman–Crippen MR) is 117 cm³/mol. The van der Waals surface area contributed by atoms with E-state index in [4.69, 9.17) is 16.3 Å². The molecule has 2 aromatic rings. The molecule has 0 aliphatic carbocycles. The van der Waals surface area contributed by atoms with Crippen molar-refractivity contribution in [1.82, 2.24) is 9.80 Å². The lowest BCUT2D eigenvalue weighted by Crippen LogP contribution is -2.45. The summed E-state index contributed by atoms with van der Waals surface area (Å²) in [5.41, 5.74) is 3.17. The Morgan fingerprint density at radius 3 is 2.17 bits per heavy atom. The lowest BCUT2D eigenvalue weighted by atomic mass is 9.94. The fraction of sp³-hybridized carbons (Fsp3) is 0.417. The number of nitrogens with zero attached hydrogens (tertiary/aromatic N) is 2. The first-order valence-electron chi connectivity index (χ1n) is 10.5. The van der Waals surface area contributed by atoms with Crippen LogP contribution in [0.25, 0.3) is 0 Å². The molecule has 2 aliphatic heterocycles. The number of hydrogen-bond acceptors (Lipinski definition) is 3. The Morgan fingerprint density at radius 2 is 1.57 bits per heavy atom. The quantitative estimate of drug-likeness (QED) is 0.749. The van der Waals surface area contributed by atoms with Gasteiger partial charge in [-0.2, -0.15) is 0 Å². The molecule has 2 aromatic carbocycles. The van der Waals surface area contributed by atoms with Gasteiger partial charge in [0, 0.05) is 37.1 Å². The van der Waals surface area contributed by atoms with Crippen LogP contribution in [0.15, 0.2) is 42.5 Å². The Labute approximate surface area is 182 Å². The maximum atomic E-state index is 13.1. The highest BCUT2D eigenvalue weighted by Crippen LogP contribution is 2.27. The second-order valence-corrected chi connectivity index (χ2v) is 8.44. The van der Waals surface area contributed by atoms with E-state index in [0.717, 1.165) is 25.9 Å². The molecular formula is C24H27ClN2O3. The van der Waals surface area contributed by atoms with Crippen LogP contribution in [-0.4, -0.2) is 54.9 Å². The smallest absolute Gasteiger partial charge is 0.257 e. The average molecular weight is 427 g/mol. The average Bonchev–Trinajstić information content (AvgIpc) is 3.01. The molecule has 1 saturated heterocycles. The van der Waals surface area contributed by atoms with E-state index in [1.165, 1.54) is 11.1 Å². The van der Waals surface area contributed by atoms with Crippen molar-refractivity contribution in [2.24, 2.45) is 5.92 Å². The van der Waals surface area contributed by atoms with Crippen molar-refractivity contribution in [2.75, 3.05) is 33.3 Å². The van der Waals surface area contributed by atoms with E-state index in [2.05, 4.69) is 24.3 Å². The SMILES string of the molecule is COc1ccc(Cl)cc1C(=O)N1CCC(C(=O)N2CCc3ccccc3CC2)CC1. The molecule has 158 valence electrons. The fourth-order valence-electron chi connectivity index (χ4n) is 4.49. The normalized spacial score (nSPS) is 17.3. The third-order valence-corrected chi connectivity index (χ3v) is 6.49. The van der Waals surface area contributed by atoms with Gasteiger partial charge in [0.2, 0.25) is 5.91 Å². The number of rotatable bonds is 3. The van der Waals surface area contributed by atoms with Crippen LogP contribution in [0.2, 0.25) is 5.02 Å². The molecule has 0 bridgehead atoms. The number of carbonyl (C=O) groups is 2. The first-order valence-corrected chi connectivity index (χ1v) is 10.9. The summed E-state index contributed by atoms with van der Waals surface area (Å²) in [5, 5.41) is 0.506. The summed E-state index contributed by atoms with van der Waals surface area (Å²) >= 11 is 6.08. The Balaban J connectivity index is 1.36. The van der Waals surface area contributed by atoms with Crippen LogP contribution in [0.5, 0.6) is 5.75 Å². The molecule has 0 saturated carbocycles. The molecule has 0 radical (unpaired) electrons. The molecule has 0 aromatic heterocycles. The predicted octanol–water partition coefficient (Wildman–Crippen LogP) is 3.83. The van der Waals surface area contributed by atoms with Gasteiger partial charge in [-0.05, 0) is 55.0 Å². The third-order valence-electron chi connectivity index (χ3n) is 6.26. The minimum Gasteiger partial charge on any atom is -0.496 e. The number of ether oxygens (including phenoxy) is 1. The highest BCUT2D eigenvalue weighted by molar-refractivity contribution is 6.31. The van der Waals surface area contributed by atoms with Gasteiger partial charge in [-0.15, -0.1) is 0 Å². The van der Waals surface area contributed by atoms with Crippen LogP contribution in [0.4, 0.5) is 0 Å². The topological polar surface area (TPSA) is 49.9 Å². The van der Waals surface area contributed by atoms with E-state index in [1.54, 1.807) is 30.2 Å². The summed E-state index contributed by atoms with van der Waals surface area (Å²) < 4.78 is 5.32. The fourth-order valence-corrected chi connectivity index (χ4v) is 4.67. The summed E-state index contributed by atoms with van der Waals surface area (Å²) in [7, 11) is 1.55. The van der Waals surface area contributed by atoms with Crippen LogP contribution >= 0.6 is 11.6 Å². The van der Waals surface area contributed by atoms with Crippen molar-refractivity contribution in [3.63, 3.8) is 0 Å². The summed E-state index contributed by atoms with van der Waals surface area (Å²) in [5.74, 6) is 0.643. The molecule has 2 aliphatic rings. The van der Waals surface area contributed by atoms with Crippen molar-refractivity contribution in [1.29, 1.82) is 0 Å². The minimum atomic E-state index is -0.0922. The zero-order valence-corrected chi connectivity index (χ0v) is 18.0. The Kier molecular flexibility index (Phi) is 6.28. The molecule has 6 heteroatoms. The second-order valence-electron chi connectivity index (χ2n) is 8.01. The van der Waals surface area contributed by atoms with Crippen LogP contribution in [0.3, 0.4) is 0 Å². The van der Waals surface area contributed by atoms with Gasteiger partial charge in [0.1, 0.15) is 5.75 Å². The standard InChI is InChI=1S/C24H27ClN2O3/c1-30-22-7-6-20(25)16-21(22)24(29)27-14-10-19(11-15-27)23(28)26-12-8-17-4-2-3-5-18(17)9-13-26/h2-7,16,19H,8-15H2,1H3. The minimum absolute atomic E-state index is 0.0171. The maximum Gasteiger partial charge on any atom is 0.257 e. The van der Waals surface area contributed by atoms with Crippen molar-refractivity contribution in [2.45, 2.75) is 25.7 Å². The number of fused-ring (bicyclic) bond motifs is 1. The summed E-state index contributed by atoms with van der Waals surface area (Å²) in [6.45, 7) is 2.68. The van der Waals surface area contributed by atoms with Crippen LogP contribution in [0, 0.1) is 5.92 Å². The zero-order valence-electron chi connectivity index (χ0n) is 17.3. The highest BCUT2D eigenvalue weighted by Gasteiger charge is 2.32. The molecule has 0 atom stereocenters. The lowest BCUT2D eigenvalue weighted by molar-refractivity contribution is -0.136. The van der Waals surface area contributed by atoms with Crippen LogP contribution < -0.4 is 4.74 Å². The van der Waals surface area contributed by atoms with Crippen molar-refractivity contribution < 1.29 is 14.3 Å². The number of benzene rings is 2. The molecule has 30 heavy (non-hydrogen) atoms. The molecule has 2 amide bonds. The number of hydrogen-bond donors (Lipinski definition) is 0. The molecule has 5 nitrogen and oxygen atoms in total. The lowest BCUT2D eigenvalue weighted by Gasteiger charge is -2.34. The Morgan fingerprint density at radius 1 is 0.933 bits per heavy atom. The van der Waals surface area contributed by atoms with Gasteiger partial charge < -0.3 is 14.5 Å². The van der Waals surface area contributed by atoms with Gasteiger partial charge in [-0.25, -0.2) is 0 Å². The number of likely N-dealkylation sites (tertiary alicyclic amines) is 1. The van der Waals surface area contributed by atoms with E-state index in [-0.39, 0.29) is 17.7 Å². The Bertz CT molecular complexity index is 911. The summed E-state index contributed by atoms with van der Waals surface area (Å²) in [6, 6.07) is 13.5. The number of halogens is 1. The molecule has 0 unspecified atom stereocenters. The van der Waals surface area contributed by atoms with Gasteiger partial charge in [-0.1, -0.05) is 35.9 Å². The van der Waals surface area contributed by atoms with Crippen molar-refractivity contribution in [3.05, 3.63) is 64.2 Å². The van der Waals surface area contributed by atoms with Gasteiger partial charge in [0.25, 0.3) is 5.91 Å². The summed E-state index contributed by atoms with van der Waals surface area (Å²) in [6.07, 6.45) is 3.20. The first kappa shape index (κ1) is 20.7. The molecule has 2 heterocycles. The summed E-state index contributed by atoms with van der Waals surface area (Å²) in [4.78, 5) is 29.9. The maximum absolute atomic E-state index is 13.1. The molecule has 0 N–H and O–H groups in total. The second kappa shape index (κ2) is 9.09. The van der Waals surface area contributed by atoms with E-state index in [1.807, 2.05) is 4.90 Å². The van der Waals surface area contributed by atoms with E-state index in [0.29, 0.717) is 42.3 Å². The Hall–Kier alpha value is -2.53. The van der Waals surface area contributed by atoms with E-state index >= 15 is 0 Å². The monoisotopic (exact) mass is 426 g/mol. The van der Waals surface area contributed by atoms with Gasteiger partial charge in [-0.3, -0.25) is 9.59 Å². The molecular weight excluding hydrogens is 400 g/mol. The van der Waals surface area contributed by atoms with Crippen molar-refractivity contribution >= 4 is 23.4 Å². The van der Waals surface area contributed by atoms with Crippen molar-refractivity contribution in [3.8, 4) is 5.75 Å². The third kappa shape index (κ3) is 4.31. The van der Waals surface area contributed by atoms with Crippen LogP contribution in [0.1, 0.15) is 34.3 Å². The number of piperidine rings is 1. The first-order chi connectivity index (χ1) is 14.6. The van der Waals surface area contributed by atoms with Crippen LogP contribution in [-0.2, 0) is 17.6 Å². The number of amides is 2. The largest absolute Gasteiger partial charge is 0.496 e. The highest BCUT2D eigenvalue weighted by atomic mass is 35.5. The number of methoxy groups -OCH3 is 1. The van der Waals surface area contributed by atoms with E-state index < -0.39 is 0 Å². The molecule has 1 fully saturated rings. The van der Waals surface area contributed by atoms with Gasteiger partial charge in [0.05, 0.1) is 12.7 Å². The number of carbonyl (C=O) groups excluding carboxylic acids is 2. The molecule has 0 spiro atoms.